The Morgan fingerprint density at radius 3 is 2.33 bits per heavy atom. The van der Waals surface area contributed by atoms with Gasteiger partial charge >= 0.3 is 5.97 Å². The number of benzene rings is 2. The zero-order chi connectivity index (χ0) is 29.1. The zero-order valence-electron chi connectivity index (χ0n) is 23.9. The molecule has 2 heterocycles. The van der Waals surface area contributed by atoms with E-state index in [4.69, 9.17) is 5.11 Å². The quantitative estimate of drug-likeness (QED) is 0.196. The Bertz CT molecular complexity index is 1470. The van der Waals surface area contributed by atoms with Gasteiger partial charge in [-0.05, 0) is 44.4 Å². The number of rotatable bonds is 12. The molecule has 2 aromatic carbocycles. The van der Waals surface area contributed by atoms with Crippen molar-refractivity contribution in [2.45, 2.75) is 70.6 Å². The molecule has 0 saturated carbocycles. The lowest BCUT2D eigenvalue weighted by Crippen LogP contribution is -2.28. The molecule has 2 aliphatic rings. The molecule has 0 atom stereocenters. The molecule has 0 radical (unpaired) electrons. The van der Waals surface area contributed by atoms with Crippen molar-refractivity contribution in [1.82, 2.24) is 0 Å². The first-order valence-electron chi connectivity index (χ1n) is 14.0. The van der Waals surface area contributed by atoms with Gasteiger partial charge in [0.05, 0.1) is 15.5 Å². The van der Waals surface area contributed by atoms with Crippen molar-refractivity contribution in [3.8, 4) is 0 Å². The third kappa shape index (κ3) is 6.23. The summed E-state index contributed by atoms with van der Waals surface area (Å²) in [6, 6.07) is 16.6. The van der Waals surface area contributed by atoms with Crippen molar-refractivity contribution < 1.29 is 27.4 Å². The van der Waals surface area contributed by atoms with Crippen LogP contribution in [0.5, 0.6) is 0 Å². The maximum Gasteiger partial charge on any atom is 0.303 e. The van der Waals surface area contributed by atoms with Crippen LogP contribution in [0, 0.1) is 0 Å². The molecule has 1 N–H and O–H groups in total. The lowest BCUT2D eigenvalue weighted by molar-refractivity contribution is -0.437. The van der Waals surface area contributed by atoms with Crippen LogP contribution in [-0.2, 0) is 25.7 Å². The number of nitrogens with zero attached hydrogens (tertiary/aromatic N) is 2. The molecule has 2 aromatic rings. The van der Waals surface area contributed by atoms with Crippen LogP contribution in [0.15, 0.2) is 72.5 Å². The molecule has 214 valence electrons. The summed E-state index contributed by atoms with van der Waals surface area (Å²) in [4.78, 5) is 13.3. The number of hydrogen-bond donors (Lipinski definition) is 1. The Morgan fingerprint density at radius 1 is 0.950 bits per heavy atom. The standard InChI is InChI=1S/C32H40N2O5S/c1-31(2)24-14-7-9-16-26(24)33(21-11-5-6-20-30(35)36)28(31)18-12-19-29-32(3,4)25-15-8-10-17-27(25)34(29)22-13-23-40(37,38)39/h7-10,12,14-19H,5-6,11,13,20-23H2,1-4H3,(H-,35,36,37,38,39). The Balaban J connectivity index is 1.65. The van der Waals surface area contributed by atoms with Crippen LogP contribution >= 0.6 is 0 Å². The van der Waals surface area contributed by atoms with E-state index < -0.39 is 16.1 Å². The summed E-state index contributed by atoms with van der Waals surface area (Å²) in [5.41, 5.74) is 6.41. The highest BCUT2D eigenvalue weighted by Crippen LogP contribution is 2.48. The van der Waals surface area contributed by atoms with Gasteiger partial charge in [0, 0.05) is 59.6 Å². The van der Waals surface area contributed by atoms with E-state index in [0.717, 1.165) is 30.8 Å². The molecule has 0 aliphatic carbocycles. The van der Waals surface area contributed by atoms with Gasteiger partial charge in [-0.15, -0.1) is 0 Å². The van der Waals surface area contributed by atoms with Gasteiger partial charge in [0.15, 0.2) is 5.71 Å². The highest BCUT2D eigenvalue weighted by atomic mass is 32.2. The van der Waals surface area contributed by atoms with Gasteiger partial charge in [0.1, 0.15) is 6.54 Å². The average molecular weight is 565 g/mol. The van der Waals surface area contributed by atoms with E-state index in [-0.39, 0.29) is 29.4 Å². The first-order chi connectivity index (χ1) is 18.8. The number of para-hydroxylation sites is 2. The van der Waals surface area contributed by atoms with Gasteiger partial charge in [0.25, 0.3) is 0 Å². The number of carboxylic acid groups (broad SMARTS) is 1. The number of aliphatic carboxylic acids is 1. The third-order valence-electron chi connectivity index (χ3n) is 8.16. The van der Waals surface area contributed by atoms with E-state index in [2.05, 4.69) is 85.7 Å². The van der Waals surface area contributed by atoms with Crippen LogP contribution in [0.25, 0.3) is 0 Å². The summed E-state index contributed by atoms with van der Waals surface area (Å²) in [5.74, 6) is -1.14. The van der Waals surface area contributed by atoms with Crippen molar-refractivity contribution in [3.05, 3.63) is 83.6 Å². The van der Waals surface area contributed by atoms with Gasteiger partial charge < -0.3 is 14.6 Å². The summed E-state index contributed by atoms with van der Waals surface area (Å²) in [6.45, 7) is 10.0. The predicted molar refractivity (Wildman–Crippen MR) is 159 cm³/mol. The largest absolute Gasteiger partial charge is 0.748 e. The molecule has 0 aromatic heterocycles. The summed E-state index contributed by atoms with van der Waals surface area (Å²) < 4.78 is 36.0. The van der Waals surface area contributed by atoms with Gasteiger partial charge in [-0.3, -0.25) is 4.79 Å². The number of anilines is 1. The molecule has 0 fully saturated rings. The zero-order valence-corrected chi connectivity index (χ0v) is 24.7. The monoisotopic (exact) mass is 564 g/mol. The molecule has 7 nitrogen and oxygen atoms in total. The number of hydrogen-bond acceptors (Lipinski definition) is 5. The van der Waals surface area contributed by atoms with Gasteiger partial charge in [-0.1, -0.05) is 62.7 Å². The van der Waals surface area contributed by atoms with Crippen LogP contribution < -0.4 is 4.90 Å². The minimum atomic E-state index is -4.28. The van der Waals surface area contributed by atoms with Gasteiger partial charge in [0.2, 0.25) is 5.69 Å². The molecular formula is C32H40N2O5S. The average Bonchev–Trinajstić information content (AvgIpc) is 3.23. The van der Waals surface area contributed by atoms with E-state index >= 15 is 0 Å². The van der Waals surface area contributed by atoms with Crippen molar-refractivity contribution >= 4 is 33.2 Å². The minimum Gasteiger partial charge on any atom is -0.748 e. The second-order valence-corrected chi connectivity index (χ2v) is 13.2. The van der Waals surface area contributed by atoms with Crippen LogP contribution in [-0.4, -0.2) is 53.2 Å². The molecule has 0 amide bonds. The highest BCUT2D eigenvalue weighted by Gasteiger charge is 2.44. The molecule has 8 heteroatoms. The van der Waals surface area contributed by atoms with Gasteiger partial charge in [-0.25, -0.2) is 8.42 Å². The molecule has 0 bridgehead atoms. The maximum atomic E-state index is 11.3. The third-order valence-corrected chi connectivity index (χ3v) is 8.94. The van der Waals surface area contributed by atoms with Crippen molar-refractivity contribution in [1.29, 1.82) is 0 Å². The first-order valence-corrected chi connectivity index (χ1v) is 15.6. The molecule has 40 heavy (non-hydrogen) atoms. The number of carbonyl (C=O) groups is 1. The van der Waals surface area contributed by atoms with E-state index in [1.165, 1.54) is 22.5 Å². The van der Waals surface area contributed by atoms with Crippen molar-refractivity contribution in [3.63, 3.8) is 0 Å². The van der Waals surface area contributed by atoms with E-state index in [1.807, 2.05) is 18.2 Å². The Labute approximate surface area is 238 Å². The summed E-state index contributed by atoms with van der Waals surface area (Å²) in [7, 11) is -4.28. The number of unbranched alkanes of at least 4 members (excludes halogenated alkanes) is 2. The SMILES string of the molecule is CC1(C)C(/C=C/C=C2/N(CCCCCC(=O)O)c3ccccc3C2(C)C)=[N+](CCCS(=O)(=O)[O-])c2ccccc21. The molecule has 0 saturated heterocycles. The first kappa shape index (κ1) is 29.7. The Hall–Kier alpha value is -3.23. The topological polar surface area (TPSA) is 101 Å². The second-order valence-electron chi connectivity index (χ2n) is 11.7. The van der Waals surface area contributed by atoms with Crippen LogP contribution in [0.1, 0.15) is 70.9 Å². The number of fused-ring (bicyclic) bond motifs is 2. The molecule has 0 unspecified atom stereocenters. The molecule has 0 spiro atoms. The van der Waals surface area contributed by atoms with Crippen LogP contribution in [0.2, 0.25) is 0 Å². The van der Waals surface area contributed by atoms with E-state index in [0.29, 0.717) is 13.0 Å². The van der Waals surface area contributed by atoms with E-state index in [1.54, 1.807) is 0 Å². The fraction of sp³-hybridized carbons (Fsp3) is 0.438. The number of allylic oxidation sites excluding steroid dienone is 4. The molecule has 2 aliphatic heterocycles. The smallest absolute Gasteiger partial charge is 0.303 e. The normalized spacial score (nSPS) is 18.5. The van der Waals surface area contributed by atoms with Crippen LogP contribution in [0.4, 0.5) is 11.4 Å². The lowest BCUT2D eigenvalue weighted by atomic mass is 9.81. The predicted octanol–water partition coefficient (Wildman–Crippen LogP) is 5.88. The Kier molecular flexibility index (Phi) is 8.71. The Morgan fingerprint density at radius 2 is 1.62 bits per heavy atom. The van der Waals surface area contributed by atoms with Crippen molar-refractivity contribution in [2.75, 3.05) is 23.7 Å². The molecular weight excluding hydrogens is 524 g/mol. The summed E-state index contributed by atoms with van der Waals surface area (Å²) in [6.07, 6.45) is 9.24. The second kappa shape index (κ2) is 11.7. The fourth-order valence-electron chi connectivity index (χ4n) is 6.12. The summed E-state index contributed by atoms with van der Waals surface area (Å²) >= 11 is 0. The van der Waals surface area contributed by atoms with Gasteiger partial charge in [-0.2, -0.15) is 4.58 Å². The van der Waals surface area contributed by atoms with E-state index in [9.17, 15) is 17.8 Å². The van der Waals surface area contributed by atoms with Crippen molar-refractivity contribution in [2.24, 2.45) is 0 Å². The highest BCUT2D eigenvalue weighted by molar-refractivity contribution is 7.85. The number of carboxylic acids is 1. The molecule has 4 rings (SSSR count). The fourth-order valence-corrected chi connectivity index (χ4v) is 6.60. The van der Waals surface area contributed by atoms with Crippen LogP contribution in [0.3, 0.4) is 0 Å². The summed E-state index contributed by atoms with van der Waals surface area (Å²) in [5, 5.41) is 8.98. The lowest BCUT2D eigenvalue weighted by Gasteiger charge is -2.27. The maximum absolute atomic E-state index is 11.3. The minimum absolute atomic E-state index is 0.196.